The van der Waals surface area contributed by atoms with Crippen molar-refractivity contribution in [3.63, 3.8) is 0 Å². The molecule has 1 heterocycles. The fourth-order valence-corrected chi connectivity index (χ4v) is 1.55. The summed E-state index contributed by atoms with van der Waals surface area (Å²) in [4.78, 5) is 6.84. The van der Waals surface area contributed by atoms with Gasteiger partial charge in [0.15, 0.2) is 0 Å². The van der Waals surface area contributed by atoms with E-state index in [0.29, 0.717) is 10.7 Å². The van der Waals surface area contributed by atoms with Gasteiger partial charge in [-0.2, -0.15) is 0 Å². The summed E-state index contributed by atoms with van der Waals surface area (Å²) < 4.78 is 0. The normalized spacial score (nSPS) is 10.5. The standard InChI is InChI=1S/C12H20N4S/c1-16(2)9-4-3-8-14-11-7-5-6-10(15-11)12(13)17/h5-7H,3-4,8-9H2,1-2H3,(H2,13,17)(H,14,15). The summed E-state index contributed by atoms with van der Waals surface area (Å²) in [5.41, 5.74) is 6.19. The predicted molar refractivity (Wildman–Crippen MR) is 76.4 cm³/mol. The molecule has 1 rings (SSSR count). The molecule has 17 heavy (non-hydrogen) atoms. The van der Waals surface area contributed by atoms with Crippen LogP contribution in [0.3, 0.4) is 0 Å². The number of thiocarbonyl (C=S) groups is 1. The van der Waals surface area contributed by atoms with Crippen LogP contribution in [0.25, 0.3) is 0 Å². The average molecular weight is 252 g/mol. The van der Waals surface area contributed by atoms with Crippen LogP contribution in [0.1, 0.15) is 18.5 Å². The van der Waals surface area contributed by atoms with Crippen LogP contribution in [-0.2, 0) is 0 Å². The van der Waals surface area contributed by atoms with Crippen molar-refractivity contribution in [3.05, 3.63) is 23.9 Å². The van der Waals surface area contributed by atoms with Crippen LogP contribution in [0.4, 0.5) is 5.82 Å². The quantitative estimate of drug-likeness (QED) is 0.568. The van der Waals surface area contributed by atoms with E-state index < -0.39 is 0 Å². The van der Waals surface area contributed by atoms with E-state index in [1.165, 1.54) is 6.42 Å². The van der Waals surface area contributed by atoms with Crippen molar-refractivity contribution in [3.8, 4) is 0 Å². The number of unbranched alkanes of at least 4 members (excludes halogenated alkanes) is 1. The van der Waals surface area contributed by atoms with E-state index in [0.717, 1.165) is 25.3 Å². The van der Waals surface area contributed by atoms with E-state index in [9.17, 15) is 0 Å². The molecule has 0 aliphatic carbocycles. The van der Waals surface area contributed by atoms with Crippen LogP contribution in [0.15, 0.2) is 18.2 Å². The monoisotopic (exact) mass is 252 g/mol. The molecule has 0 bridgehead atoms. The molecule has 0 fully saturated rings. The Morgan fingerprint density at radius 1 is 1.41 bits per heavy atom. The van der Waals surface area contributed by atoms with Gasteiger partial charge in [-0.3, -0.25) is 0 Å². The van der Waals surface area contributed by atoms with Crippen LogP contribution in [0.2, 0.25) is 0 Å². The lowest BCUT2D eigenvalue weighted by molar-refractivity contribution is 0.396. The van der Waals surface area contributed by atoms with E-state index in [-0.39, 0.29) is 0 Å². The summed E-state index contributed by atoms with van der Waals surface area (Å²) in [6.45, 7) is 2.03. The predicted octanol–water partition coefficient (Wildman–Crippen LogP) is 1.47. The highest BCUT2D eigenvalue weighted by Crippen LogP contribution is 2.05. The van der Waals surface area contributed by atoms with Crippen LogP contribution in [-0.4, -0.2) is 42.1 Å². The second kappa shape index (κ2) is 7.19. The van der Waals surface area contributed by atoms with Crippen molar-refractivity contribution < 1.29 is 0 Å². The highest BCUT2D eigenvalue weighted by molar-refractivity contribution is 7.80. The maximum atomic E-state index is 5.53. The third-order valence-corrected chi connectivity index (χ3v) is 2.55. The molecule has 5 heteroatoms. The van der Waals surface area contributed by atoms with Crippen molar-refractivity contribution in [2.75, 3.05) is 32.5 Å². The average Bonchev–Trinajstić information content (AvgIpc) is 2.28. The van der Waals surface area contributed by atoms with Crippen LogP contribution in [0, 0.1) is 0 Å². The molecule has 0 aliphatic heterocycles. The minimum atomic E-state index is 0.334. The van der Waals surface area contributed by atoms with E-state index in [1.54, 1.807) is 0 Å². The highest BCUT2D eigenvalue weighted by Gasteiger charge is 1.99. The smallest absolute Gasteiger partial charge is 0.126 e. The van der Waals surface area contributed by atoms with Gasteiger partial charge in [-0.1, -0.05) is 18.3 Å². The van der Waals surface area contributed by atoms with Gasteiger partial charge >= 0.3 is 0 Å². The molecule has 0 aliphatic rings. The number of aromatic nitrogens is 1. The molecule has 4 nitrogen and oxygen atoms in total. The van der Waals surface area contributed by atoms with Crippen molar-refractivity contribution in [2.45, 2.75) is 12.8 Å². The molecule has 0 saturated heterocycles. The number of hydrogen-bond acceptors (Lipinski definition) is 4. The zero-order valence-corrected chi connectivity index (χ0v) is 11.3. The van der Waals surface area contributed by atoms with Crippen LogP contribution in [0.5, 0.6) is 0 Å². The Kier molecular flexibility index (Phi) is 5.86. The Labute approximate surface area is 108 Å². The lowest BCUT2D eigenvalue weighted by Gasteiger charge is -2.10. The van der Waals surface area contributed by atoms with Crippen molar-refractivity contribution in [2.24, 2.45) is 5.73 Å². The van der Waals surface area contributed by atoms with Gasteiger partial charge in [0.25, 0.3) is 0 Å². The van der Waals surface area contributed by atoms with E-state index >= 15 is 0 Å². The molecular formula is C12H20N4S. The number of nitrogens with zero attached hydrogens (tertiary/aromatic N) is 2. The number of nitrogens with two attached hydrogens (primary N) is 1. The zero-order valence-electron chi connectivity index (χ0n) is 10.4. The first-order valence-corrected chi connectivity index (χ1v) is 6.16. The SMILES string of the molecule is CN(C)CCCCNc1cccc(C(N)=S)n1. The molecular weight excluding hydrogens is 232 g/mol. The number of pyridine rings is 1. The number of anilines is 1. The van der Waals surface area contributed by atoms with Gasteiger partial charge < -0.3 is 16.0 Å². The van der Waals surface area contributed by atoms with Crippen molar-refractivity contribution in [1.82, 2.24) is 9.88 Å². The molecule has 0 atom stereocenters. The summed E-state index contributed by atoms with van der Waals surface area (Å²) in [5, 5.41) is 3.27. The van der Waals surface area contributed by atoms with Crippen molar-refractivity contribution >= 4 is 23.0 Å². The molecule has 1 aromatic heterocycles. The topological polar surface area (TPSA) is 54.2 Å². The minimum Gasteiger partial charge on any atom is -0.388 e. The van der Waals surface area contributed by atoms with E-state index in [2.05, 4.69) is 29.3 Å². The fourth-order valence-electron chi connectivity index (χ4n) is 1.44. The Morgan fingerprint density at radius 2 is 2.18 bits per heavy atom. The van der Waals surface area contributed by atoms with Gasteiger partial charge in [0.1, 0.15) is 10.8 Å². The molecule has 1 aromatic rings. The first-order chi connectivity index (χ1) is 8.09. The minimum absolute atomic E-state index is 0.334. The first kappa shape index (κ1) is 13.9. The highest BCUT2D eigenvalue weighted by atomic mass is 32.1. The van der Waals surface area contributed by atoms with Crippen LogP contribution >= 0.6 is 12.2 Å². The Hall–Kier alpha value is -1.20. The molecule has 0 aromatic carbocycles. The Morgan fingerprint density at radius 3 is 2.82 bits per heavy atom. The van der Waals surface area contributed by atoms with Gasteiger partial charge in [-0.05, 0) is 45.6 Å². The molecule has 3 N–H and O–H groups in total. The van der Waals surface area contributed by atoms with E-state index in [1.807, 2.05) is 18.2 Å². The van der Waals surface area contributed by atoms with Gasteiger partial charge in [-0.25, -0.2) is 4.98 Å². The molecule has 0 saturated carbocycles. The Bertz CT molecular complexity index is 365. The molecule has 94 valence electrons. The van der Waals surface area contributed by atoms with E-state index in [4.69, 9.17) is 18.0 Å². The molecule has 0 amide bonds. The molecule has 0 radical (unpaired) electrons. The largest absolute Gasteiger partial charge is 0.388 e. The second-order valence-electron chi connectivity index (χ2n) is 4.21. The Balaban J connectivity index is 2.31. The number of nitrogens with one attached hydrogen (secondary N) is 1. The zero-order chi connectivity index (χ0) is 12.7. The third kappa shape index (κ3) is 5.60. The first-order valence-electron chi connectivity index (χ1n) is 5.75. The molecule has 0 unspecified atom stereocenters. The molecule has 0 spiro atoms. The summed E-state index contributed by atoms with van der Waals surface area (Å²) in [6.07, 6.45) is 2.30. The van der Waals surface area contributed by atoms with Gasteiger partial charge in [0, 0.05) is 6.54 Å². The summed E-state index contributed by atoms with van der Waals surface area (Å²) >= 11 is 4.89. The fraction of sp³-hybridized carbons (Fsp3) is 0.500. The lowest BCUT2D eigenvalue weighted by Crippen LogP contribution is -2.15. The summed E-state index contributed by atoms with van der Waals surface area (Å²) in [5.74, 6) is 0.833. The van der Waals surface area contributed by atoms with Crippen LogP contribution < -0.4 is 11.1 Å². The maximum absolute atomic E-state index is 5.53. The van der Waals surface area contributed by atoms with Gasteiger partial charge in [-0.15, -0.1) is 0 Å². The number of rotatable bonds is 7. The van der Waals surface area contributed by atoms with Gasteiger partial charge in [0.05, 0.1) is 5.69 Å². The number of hydrogen-bond donors (Lipinski definition) is 2. The summed E-state index contributed by atoms with van der Waals surface area (Å²) in [7, 11) is 4.17. The maximum Gasteiger partial charge on any atom is 0.126 e. The lowest BCUT2D eigenvalue weighted by atomic mass is 10.3. The van der Waals surface area contributed by atoms with Crippen molar-refractivity contribution in [1.29, 1.82) is 0 Å². The van der Waals surface area contributed by atoms with Gasteiger partial charge in [0.2, 0.25) is 0 Å². The second-order valence-corrected chi connectivity index (χ2v) is 4.65. The third-order valence-electron chi connectivity index (χ3n) is 2.34. The summed E-state index contributed by atoms with van der Waals surface area (Å²) in [6, 6.07) is 5.65.